The summed E-state index contributed by atoms with van der Waals surface area (Å²) in [6.07, 6.45) is 0. The quantitative estimate of drug-likeness (QED) is 0.170. The van der Waals surface area contributed by atoms with E-state index < -0.39 is 5.41 Å². The van der Waals surface area contributed by atoms with Crippen molar-refractivity contribution in [3.63, 3.8) is 0 Å². The maximum atomic E-state index is 5.44. The van der Waals surface area contributed by atoms with Crippen LogP contribution >= 0.6 is 0 Å². The average molecular weight is 741 g/mol. The van der Waals surface area contributed by atoms with Crippen LogP contribution in [0.25, 0.3) is 67.3 Å². The molecule has 0 saturated carbocycles. The van der Waals surface area contributed by atoms with Crippen molar-refractivity contribution in [1.82, 2.24) is 9.97 Å². The molecule has 0 fully saturated rings. The zero-order valence-electron chi connectivity index (χ0n) is 32.5. The van der Waals surface area contributed by atoms with Gasteiger partial charge in [-0.25, -0.2) is 9.97 Å². The predicted octanol–water partition coefficient (Wildman–Crippen LogP) is 13.8. The molecule has 58 heavy (non-hydrogen) atoms. The Morgan fingerprint density at radius 1 is 0.310 bits per heavy atom. The fourth-order valence-electron chi connectivity index (χ4n) is 9.88. The van der Waals surface area contributed by atoms with Gasteiger partial charge in [-0.05, 0) is 91.0 Å². The fourth-order valence-corrected chi connectivity index (χ4v) is 9.88. The largest absolute Gasteiger partial charge is 0.228 e. The Kier molecular flexibility index (Phi) is 7.78. The highest BCUT2D eigenvalue weighted by atomic mass is 14.9. The van der Waals surface area contributed by atoms with Gasteiger partial charge in [0.1, 0.15) is 0 Å². The maximum Gasteiger partial charge on any atom is 0.160 e. The van der Waals surface area contributed by atoms with Crippen LogP contribution in [-0.4, -0.2) is 9.97 Å². The predicted molar refractivity (Wildman–Crippen MR) is 239 cm³/mol. The van der Waals surface area contributed by atoms with Crippen LogP contribution in [0.15, 0.2) is 206 Å². The van der Waals surface area contributed by atoms with Crippen molar-refractivity contribution in [1.29, 1.82) is 0 Å². The fraction of sp³-hybridized carbons (Fsp3) is 0.0714. The van der Waals surface area contributed by atoms with Gasteiger partial charge in [-0.2, -0.15) is 0 Å². The highest BCUT2D eigenvalue weighted by Gasteiger charge is 2.46. The summed E-state index contributed by atoms with van der Waals surface area (Å²) in [5.74, 6) is 0.705. The van der Waals surface area contributed by atoms with Crippen LogP contribution < -0.4 is 0 Å². The smallest absolute Gasteiger partial charge is 0.160 e. The SMILES string of the molecule is CC1(C)c2ccccc2-c2cc(-c3cc4c(cc3-c3cc(-c5ccccc5)nc(-c5ccccc5)n3)-c3ccccc3C4(c3ccccc3)c3ccccc3)ccc21. The summed E-state index contributed by atoms with van der Waals surface area (Å²) < 4.78 is 0. The second-order valence-electron chi connectivity index (χ2n) is 16.1. The summed E-state index contributed by atoms with van der Waals surface area (Å²) in [4.78, 5) is 10.6. The molecule has 11 rings (SSSR count). The average Bonchev–Trinajstić information content (AvgIpc) is 3.72. The summed E-state index contributed by atoms with van der Waals surface area (Å²) in [7, 11) is 0. The van der Waals surface area contributed by atoms with Gasteiger partial charge in [0.05, 0.1) is 16.8 Å². The van der Waals surface area contributed by atoms with Gasteiger partial charge in [0, 0.05) is 22.1 Å². The number of aromatic nitrogens is 2. The molecule has 0 bridgehead atoms. The first-order chi connectivity index (χ1) is 28.5. The van der Waals surface area contributed by atoms with E-state index in [1.165, 1.54) is 55.6 Å². The second-order valence-corrected chi connectivity index (χ2v) is 16.1. The highest BCUT2D eigenvalue weighted by molar-refractivity contribution is 5.96. The van der Waals surface area contributed by atoms with E-state index in [2.05, 4.69) is 214 Å². The number of hydrogen-bond donors (Lipinski definition) is 0. The summed E-state index contributed by atoms with van der Waals surface area (Å²) in [5, 5.41) is 0. The number of fused-ring (bicyclic) bond motifs is 6. The molecule has 0 saturated heterocycles. The zero-order chi connectivity index (χ0) is 38.8. The molecule has 0 aliphatic heterocycles. The zero-order valence-corrected chi connectivity index (χ0v) is 32.5. The van der Waals surface area contributed by atoms with Crippen LogP contribution in [0, 0.1) is 0 Å². The molecule has 9 aromatic rings. The minimum atomic E-state index is -0.539. The lowest BCUT2D eigenvalue weighted by Gasteiger charge is -2.34. The van der Waals surface area contributed by atoms with Gasteiger partial charge >= 0.3 is 0 Å². The lowest BCUT2D eigenvalue weighted by Crippen LogP contribution is -2.28. The van der Waals surface area contributed by atoms with Gasteiger partial charge in [-0.1, -0.05) is 196 Å². The van der Waals surface area contributed by atoms with Gasteiger partial charge in [0.15, 0.2) is 5.82 Å². The lowest BCUT2D eigenvalue weighted by atomic mass is 9.67. The van der Waals surface area contributed by atoms with Crippen LogP contribution in [0.1, 0.15) is 47.2 Å². The first kappa shape index (κ1) is 34.1. The molecule has 2 aliphatic carbocycles. The van der Waals surface area contributed by atoms with Gasteiger partial charge in [-0.3, -0.25) is 0 Å². The highest BCUT2D eigenvalue weighted by Crippen LogP contribution is 2.58. The summed E-state index contributed by atoms with van der Waals surface area (Å²) in [6.45, 7) is 4.70. The molecule has 8 aromatic carbocycles. The molecule has 1 aromatic heterocycles. The summed E-state index contributed by atoms with van der Waals surface area (Å²) >= 11 is 0. The lowest BCUT2D eigenvalue weighted by molar-refractivity contribution is 0.660. The molecule has 0 N–H and O–H groups in total. The first-order valence-corrected chi connectivity index (χ1v) is 20.2. The number of nitrogens with zero attached hydrogens (tertiary/aromatic N) is 2. The molecular weight excluding hydrogens is 701 g/mol. The number of rotatable bonds is 6. The van der Waals surface area contributed by atoms with Crippen molar-refractivity contribution in [2.75, 3.05) is 0 Å². The Balaban J connectivity index is 1.26. The molecular formula is C56H40N2. The Morgan fingerprint density at radius 2 is 0.810 bits per heavy atom. The van der Waals surface area contributed by atoms with Crippen molar-refractivity contribution in [2.45, 2.75) is 24.7 Å². The van der Waals surface area contributed by atoms with Gasteiger partial charge in [-0.15, -0.1) is 0 Å². The van der Waals surface area contributed by atoms with E-state index >= 15 is 0 Å². The van der Waals surface area contributed by atoms with Gasteiger partial charge in [0.25, 0.3) is 0 Å². The Morgan fingerprint density at radius 3 is 1.47 bits per heavy atom. The third-order valence-electron chi connectivity index (χ3n) is 12.6. The van der Waals surface area contributed by atoms with Crippen molar-refractivity contribution in [3.8, 4) is 67.3 Å². The standard InChI is InChI=1S/C56H40N2/c1-55(2)48-29-17-15-27-42(48)45-33-39(31-32-49(45)55)44-35-51-46(43-28-16-18-30-50(43)56(51,40-23-11-5-12-24-40)41-25-13-6-14-26-41)34-47(44)53-36-52(37-19-7-3-8-20-37)57-54(58-53)38-21-9-4-10-22-38/h3-36H,1-2H3. The normalized spacial score (nSPS) is 14.0. The monoisotopic (exact) mass is 740 g/mol. The maximum absolute atomic E-state index is 5.44. The van der Waals surface area contributed by atoms with Crippen LogP contribution in [0.4, 0.5) is 0 Å². The minimum Gasteiger partial charge on any atom is -0.228 e. The van der Waals surface area contributed by atoms with E-state index in [1.807, 2.05) is 6.07 Å². The molecule has 0 atom stereocenters. The molecule has 0 radical (unpaired) electrons. The van der Waals surface area contributed by atoms with E-state index in [-0.39, 0.29) is 5.41 Å². The third kappa shape index (κ3) is 5.11. The van der Waals surface area contributed by atoms with Crippen molar-refractivity contribution in [2.24, 2.45) is 0 Å². The summed E-state index contributed by atoms with van der Waals surface area (Å²) in [5.41, 5.74) is 19.4. The Bertz CT molecular complexity index is 2910. The van der Waals surface area contributed by atoms with Crippen LogP contribution in [0.2, 0.25) is 0 Å². The first-order valence-electron chi connectivity index (χ1n) is 20.2. The number of hydrogen-bond acceptors (Lipinski definition) is 2. The second kappa shape index (κ2) is 13.2. The van der Waals surface area contributed by atoms with Crippen LogP contribution in [0.3, 0.4) is 0 Å². The van der Waals surface area contributed by atoms with Crippen LogP contribution in [-0.2, 0) is 10.8 Å². The minimum absolute atomic E-state index is 0.0928. The van der Waals surface area contributed by atoms with Crippen molar-refractivity contribution in [3.05, 3.63) is 240 Å². The molecule has 0 unspecified atom stereocenters. The van der Waals surface area contributed by atoms with Crippen molar-refractivity contribution >= 4 is 0 Å². The molecule has 1 heterocycles. The van der Waals surface area contributed by atoms with Crippen LogP contribution in [0.5, 0.6) is 0 Å². The van der Waals surface area contributed by atoms with E-state index in [0.717, 1.165) is 39.2 Å². The molecule has 0 spiro atoms. The van der Waals surface area contributed by atoms with Gasteiger partial charge in [0.2, 0.25) is 0 Å². The van der Waals surface area contributed by atoms with E-state index in [1.54, 1.807) is 0 Å². The molecule has 2 aliphatic rings. The molecule has 2 nitrogen and oxygen atoms in total. The molecule has 0 amide bonds. The molecule has 2 heteroatoms. The summed E-state index contributed by atoms with van der Waals surface area (Å²) in [6, 6.07) is 75.1. The number of benzene rings is 8. The van der Waals surface area contributed by atoms with Gasteiger partial charge < -0.3 is 0 Å². The van der Waals surface area contributed by atoms with E-state index in [9.17, 15) is 0 Å². The van der Waals surface area contributed by atoms with E-state index in [4.69, 9.17) is 9.97 Å². The van der Waals surface area contributed by atoms with E-state index in [0.29, 0.717) is 5.82 Å². The molecule has 274 valence electrons. The topological polar surface area (TPSA) is 25.8 Å². The Labute approximate surface area is 340 Å². The third-order valence-corrected chi connectivity index (χ3v) is 12.6. The Hall–Kier alpha value is -7.16. The van der Waals surface area contributed by atoms with Crippen molar-refractivity contribution < 1.29 is 0 Å².